The normalized spacial score (nSPS) is 15.2. The van der Waals surface area contributed by atoms with E-state index in [0.717, 1.165) is 33.5 Å². The van der Waals surface area contributed by atoms with Gasteiger partial charge in [-0.3, -0.25) is 0 Å². The second kappa shape index (κ2) is 8.63. The first-order chi connectivity index (χ1) is 14.3. The topological polar surface area (TPSA) is 58.6 Å². The van der Waals surface area contributed by atoms with E-state index in [2.05, 4.69) is 21.5 Å². The maximum absolute atomic E-state index is 5.83. The lowest BCUT2D eigenvalue weighted by atomic mass is 10.1. The maximum Gasteiger partial charge on any atom is 0.202 e. The van der Waals surface area contributed by atoms with Gasteiger partial charge in [-0.25, -0.2) is 15.3 Å². The van der Waals surface area contributed by atoms with E-state index < -0.39 is 0 Å². The number of benzene rings is 3. The van der Waals surface area contributed by atoms with Gasteiger partial charge in [-0.15, -0.1) is 0 Å². The van der Waals surface area contributed by atoms with Crippen molar-refractivity contribution < 1.29 is 9.57 Å². The van der Waals surface area contributed by atoms with Gasteiger partial charge in [-0.1, -0.05) is 38.1 Å². The quantitative estimate of drug-likeness (QED) is 0.455. The highest BCUT2D eigenvalue weighted by Gasteiger charge is 2.21. The number of para-hydroxylation sites is 1. The van der Waals surface area contributed by atoms with Crippen molar-refractivity contribution in [2.75, 3.05) is 0 Å². The van der Waals surface area contributed by atoms with Gasteiger partial charge in [0.05, 0.1) is 0 Å². The third kappa shape index (κ3) is 4.15. The Morgan fingerprint density at radius 1 is 0.862 bits per heavy atom. The third-order valence-corrected chi connectivity index (χ3v) is 4.48. The average molecular weight is 385 g/mol. The molecule has 5 nitrogen and oxygen atoms in total. The van der Waals surface area contributed by atoms with E-state index in [4.69, 9.17) is 9.57 Å². The zero-order valence-corrected chi connectivity index (χ0v) is 16.4. The Morgan fingerprint density at radius 2 is 1.62 bits per heavy atom. The van der Waals surface area contributed by atoms with E-state index in [1.165, 1.54) is 0 Å². The van der Waals surface area contributed by atoms with Crippen molar-refractivity contribution >= 4 is 16.7 Å². The molecule has 0 fully saturated rings. The minimum absolute atomic E-state index is 0.362. The Bertz CT molecular complexity index is 1100. The predicted octanol–water partition coefficient (Wildman–Crippen LogP) is 5.97. The van der Waals surface area contributed by atoms with Gasteiger partial charge in [0.25, 0.3) is 0 Å². The minimum Gasteiger partial charge on any atom is -0.457 e. The molecular weight excluding hydrogens is 362 g/mol. The number of hydrogen-bond acceptors (Lipinski definition) is 4. The first-order valence-corrected chi connectivity index (χ1v) is 9.75. The fourth-order valence-corrected chi connectivity index (χ4v) is 3.09. The van der Waals surface area contributed by atoms with Crippen LogP contribution in [0.2, 0.25) is 0 Å². The van der Waals surface area contributed by atoms with Crippen LogP contribution in [0, 0.1) is 0 Å². The molecule has 2 N–H and O–H groups in total. The first-order valence-electron chi connectivity index (χ1n) is 9.75. The van der Waals surface area contributed by atoms with E-state index in [9.17, 15) is 0 Å². The van der Waals surface area contributed by atoms with Crippen molar-refractivity contribution in [3.8, 4) is 11.5 Å². The van der Waals surface area contributed by atoms with Crippen molar-refractivity contribution in [2.24, 2.45) is 4.99 Å². The van der Waals surface area contributed by atoms with E-state index in [-0.39, 0.29) is 6.23 Å². The summed E-state index contributed by atoms with van der Waals surface area (Å²) in [5.41, 5.74) is 5.99. The van der Waals surface area contributed by atoms with Gasteiger partial charge in [0.15, 0.2) is 5.84 Å². The number of nitrogens with zero attached hydrogens (tertiary/aromatic N) is 1. The summed E-state index contributed by atoms with van der Waals surface area (Å²) in [6.07, 6.45) is 1.57. The van der Waals surface area contributed by atoms with Crippen LogP contribution in [0.5, 0.6) is 11.5 Å². The molecule has 0 radical (unpaired) electrons. The number of aromatic nitrogens is 1. The summed E-state index contributed by atoms with van der Waals surface area (Å²) < 4.78 is 5.83. The van der Waals surface area contributed by atoms with E-state index in [1.54, 1.807) is 0 Å². The van der Waals surface area contributed by atoms with Crippen molar-refractivity contribution in [1.29, 1.82) is 0 Å². The summed E-state index contributed by atoms with van der Waals surface area (Å²) in [6.45, 7) is 4.00. The Labute approximate surface area is 170 Å². The highest BCUT2D eigenvalue weighted by atomic mass is 16.7. The minimum atomic E-state index is -0.362. The van der Waals surface area contributed by atoms with Crippen molar-refractivity contribution in [3.63, 3.8) is 0 Å². The molecule has 5 heteroatoms. The summed E-state index contributed by atoms with van der Waals surface area (Å²) in [7, 11) is 0. The van der Waals surface area contributed by atoms with Crippen LogP contribution >= 0.6 is 0 Å². The van der Waals surface area contributed by atoms with Crippen LogP contribution in [-0.2, 0) is 4.84 Å². The molecular formula is C24H23N3O2. The average Bonchev–Trinajstić information content (AvgIpc) is 3.46. The first kappa shape index (κ1) is 18.8. The lowest BCUT2D eigenvalue weighted by molar-refractivity contribution is 0.0378. The molecule has 1 aliphatic heterocycles. The number of hydrogen-bond donors (Lipinski definition) is 2. The summed E-state index contributed by atoms with van der Waals surface area (Å²) in [6, 6.07) is 25.7. The van der Waals surface area contributed by atoms with Gasteiger partial charge in [0.1, 0.15) is 11.5 Å². The highest BCUT2D eigenvalue weighted by molar-refractivity contribution is 5.99. The molecule has 1 unspecified atom stereocenters. The Balaban J connectivity index is 0.000000994. The molecule has 0 saturated carbocycles. The largest absolute Gasteiger partial charge is 0.457 e. The summed E-state index contributed by atoms with van der Waals surface area (Å²) in [5, 5.41) is 1.14. The van der Waals surface area contributed by atoms with E-state index in [0.29, 0.717) is 5.84 Å². The molecule has 0 aliphatic carbocycles. The molecule has 1 aliphatic rings. The number of aliphatic imine (C=N–C) groups is 1. The molecule has 29 heavy (non-hydrogen) atoms. The van der Waals surface area contributed by atoms with Crippen LogP contribution in [-0.4, -0.2) is 10.8 Å². The molecule has 4 aromatic rings. The van der Waals surface area contributed by atoms with Gasteiger partial charge >= 0.3 is 0 Å². The highest BCUT2D eigenvalue weighted by Crippen LogP contribution is 2.27. The van der Waals surface area contributed by atoms with Gasteiger partial charge in [0, 0.05) is 22.8 Å². The van der Waals surface area contributed by atoms with Gasteiger partial charge in [-0.2, -0.15) is 0 Å². The molecule has 0 amide bonds. The molecule has 1 atom stereocenters. The molecule has 2 heterocycles. The summed E-state index contributed by atoms with van der Waals surface area (Å²) in [4.78, 5) is 13.5. The van der Waals surface area contributed by atoms with Crippen LogP contribution in [0.4, 0.5) is 0 Å². The van der Waals surface area contributed by atoms with Gasteiger partial charge < -0.3 is 9.72 Å². The molecule has 5 rings (SSSR count). The Hall–Kier alpha value is -3.57. The third-order valence-electron chi connectivity index (χ3n) is 4.48. The van der Waals surface area contributed by atoms with Gasteiger partial charge in [-0.05, 0) is 60.0 Å². The smallest absolute Gasteiger partial charge is 0.202 e. The molecule has 1 aromatic heterocycles. The second-order valence-corrected chi connectivity index (χ2v) is 6.31. The van der Waals surface area contributed by atoms with Crippen LogP contribution in [0.3, 0.4) is 0 Å². The second-order valence-electron chi connectivity index (χ2n) is 6.31. The number of ether oxygens (including phenoxy) is 1. The summed E-state index contributed by atoms with van der Waals surface area (Å²) in [5.74, 6) is 2.30. The SMILES string of the molecule is CC.c1ccc(Oc2ccc(C3=NC(c4ccc5[nH]ccc5c4)ON3)cc2)cc1. The number of nitrogens with one attached hydrogen (secondary N) is 2. The maximum atomic E-state index is 5.83. The van der Waals surface area contributed by atoms with E-state index in [1.807, 2.05) is 92.8 Å². The molecule has 3 aromatic carbocycles. The zero-order chi connectivity index (χ0) is 20.1. The number of fused-ring (bicyclic) bond motifs is 1. The lowest BCUT2D eigenvalue weighted by Gasteiger charge is -2.06. The molecule has 0 bridgehead atoms. The zero-order valence-electron chi connectivity index (χ0n) is 16.4. The van der Waals surface area contributed by atoms with Crippen molar-refractivity contribution in [1.82, 2.24) is 10.5 Å². The standard InChI is InChI=1S/C22H17N3O2.C2H6/c1-2-4-18(5-3-1)26-19-9-6-15(7-10-19)21-24-22(27-25-21)17-8-11-20-16(14-17)12-13-23-20;1-2/h1-14,22-23H,(H,24,25);1-2H3. The van der Waals surface area contributed by atoms with E-state index >= 15 is 0 Å². The van der Waals surface area contributed by atoms with Crippen LogP contribution < -0.4 is 10.2 Å². The number of amidine groups is 1. The number of H-pyrrole nitrogens is 1. The number of aromatic amines is 1. The molecule has 0 spiro atoms. The molecule has 0 saturated heterocycles. The number of rotatable bonds is 4. The Morgan fingerprint density at radius 3 is 2.41 bits per heavy atom. The predicted molar refractivity (Wildman–Crippen MR) is 116 cm³/mol. The van der Waals surface area contributed by atoms with Crippen LogP contribution in [0.1, 0.15) is 31.2 Å². The Kier molecular flexibility index (Phi) is 5.59. The monoisotopic (exact) mass is 385 g/mol. The lowest BCUT2D eigenvalue weighted by Crippen LogP contribution is -2.17. The molecule has 146 valence electrons. The fourth-order valence-electron chi connectivity index (χ4n) is 3.09. The van der Waals surface area contributed by atoms with Crippen LogP contribution in [0.15, 0.2) is 90.1 Å². The van der Waals surface area contributed by atoms with Crippen molar-refractivity contribution in [2.45, 2.75) is 20.1 Å². The fraction of sp³-hybridized carbons (Fsp3) is 0.125. The summed E-state index contributed by atoms with van der Waals surface area (Å²) >= 11 is 0. The van der Waals surface area contributed by atoms with Gasteiger partial charge in [0.2, 0.25) is 6.23 Å². The number of hydroxylamine groups is 1. The van der Waals surface area contributed by atoms with Crippen molar-refractivity contribution in [3.05, 3.63) is 96.2 Å². The van der Waals surface area contributed by atoms with Crippen LogP contribution in [0.25, 0.3) is 10.9 Å².